The van der Waals surface area contributed by atoms with E-state index in [1.54, 1.807) is 18.2 Å². The molecule has 0 radical (unpaired) electrons. The second-order valence-electron chi connectivity index (χ2n) is 7.00. The third-order valence-corrected chi connectivity index (χ3v) is 5.28. The van der Waals surface area contributed by atoms with Crippen molar-refractivity contribution in [3.63, 3.8) is 0 Å². The summed E-state index contributed by atoms with van der Waals surface area (Å²) in [6.07, 6.45) is 2.15. The number of carbonyl (C=O) groups is 1. The molecule has 4 rings (SSSR count). The topological polar surface area (TPSA) is 84.8 Å². The number of nitrogens with zero attached hydrogens (tertiary/aromatic N) is 3. The Morgan fingerprint density at radius 2 is 2.10 bits per heavy atom. The van der Waals surface area contributed by atoms with E-state index < -0.39 is 5.97 Å². The van der Waals surface area contributed by atoms with Crippen molar-refractivity contribution in [2.45, 2.75) is 26.0 Å². The van der Waals surface area contributed by atoms with E-state index in [0.717, 1.165) is 17.7 Å². The fraction of sp³-hybridized carbons (Fsp3) is 0.227. The highest BCUT2D eigenvalue weighted by atomic mass is 35.5. The normalized spacial score (nSPS) is 15.0. The average Bonchev–Trinajstić information content (AvgIpc) is 3.07. The molecule has 30 heavy (non-hydrogen) atoms. The van der Waals surface area contributed by atoms with Crippen molar-refractivity contribution in [2.75, 3.05) is 12.0 Å². The first-order chi connectivity index (χ1) is 14.5. The van der Waals surface area contributed by atoms with Crippen LogP contribution in [-0.2, 0) is 13.0 Å². The molecule has 0 spiro atoms. The van der Waals surface area contributed by atoms with Crippen LogP contribution in [0.25, 0.3) is 0 Å². The molecule has 7 nitrogen and oxygen atoms in total. The molecule has 2 heterocycles. The highest BCUT2D eigenvalue weighted by Crippen LogP contribution is 2.37. The van der Waals surface area contributed by atoms with Gasteiger partial charge in [-0.25, -0.2) is 9.78 Å². The van der Waals surface area contributed by atoms with E-state index in [9.17, 15) is 9.90 Å². The number of hydrogen-bond acceptors (Lipinski definition) is 6. The maximum Gasteiger partial charge on any atom is 0.342 e. The van der Waals surface area contributed by atoms with Crippen LogP contribution in [0.4, 0.5) is 11.6 Å². The molecule has 0 amide bonds. The fourth-order valence-corrected chi connectivity index (χ4v) is 3.83. The van der Waals surface area contributed by atoms with Gasteiger partial charge in [0.25, 0.3) is 0 Å². The molecule has 1 unspecified atom stereocenters. The Bertz CT molecular complexity index is 1110. The van der Waals surface area contributed by atoms with Gasteiger partial charge in [0.05, 0.1) is 18.3 Å². The maximum absolute atomic E-state index is 11.7. The minimum absolute atomic E-state index is 0.0102. The Hall–Kier alpha value is -3.32. The van der Waals surface area contributed by atoms with Crippen molar-refractivity contribution < 1.29 is 19.4 Å². The summed E-state index contributed by atoms with van der Waals surface area (Å²) in [6, 6.07) is 13.4. The first kappa shape index (κ1) is 20.0. The SMILES string of the molecule is COc1ccc(COc2nc(N3c4ccccc4CC3C)ncc2C(=O)O)cc1Cl. The van der Waals surface area contributed by atoms with Gasteiger partial charge in [-0.2, -0.15) is 4.98 Å². The van der Waals surface area contributed by atoms with Gasteiger partial charge in [0.1, 0.15) is 17.9 Å². The van der Waals surface area contributed by atoms with Gasteiger partial charge in [0, 0.05) is 11.7 Å². The molecule has 0 fully saturated rings. The molecule has 1 aromatic heterocycles. The number of rotatable bonds is 6. The van der Waals surface area contributed by atoms with Crippen molar-refractivity contribution in [1.29, 1.82) is 0 Å². The summed E-state index contributed by atoms with van der Waals surface area (Å²) in [7, 11) is 1.54. The zero-order chi connectivity index (χ0) is 21.3. The maximum atomic E-state index is 11.7. The van der Waals surface area contributed by atoms with Crippen molar-refractivity contribution in [3.8, 4) is 11.6 Å². The van der Waals surface area contributed by atoms with Crippen LogP contribution in [0.3, 0.4) is 0 Å². The number of halogens is 1. The van der Waals surface area contributed by atoms with E-state index in [1.165, 1.54) is 18.9 Å². The number of carboxylic acid groups (broad SMARTS) is 1. The zero-order valence-corrected chi connectivity index (χ0v) is 17.3. The molecule has 3 aromatic rings. The van der Waals surface area contributed by atoms with Crippen molar-refractivity contribution in [2.24, 2.45) is 0 Å². The molecule has 154 valence electrons. The minimum Gasteiger partial charge on any atom is -0.495 e. The summed E-state index contributed by atoms with van der Waals surface area (Å²) >= 11 is 6.16. The molecule has 0 saturated heterocycles. The highest BCUT2D eigenvalue weighted by Gasteiger charge is 2.30. The molecule has 1 aliphatic rings. The van der Waals surface area contributed by atoms with E-state index in [1.807, 2.05) is 23.1 Å². The summed E-state index contributed by atoms with van der Waals surface area (Å²) in [4.78, 5) is 22.4. The van der Waals surface area contributed by atoms with Crippen LogP contribution in [0.2, 0.25) is 5.02 Å². The second-order valence-corrected chi connectivity index (χ2v) is 7.41. The van der Waals surface area contributed by atoms with Gasteiger partial charge < -0.3 is 19.5 Å². The van der Waals surface area contributed by atoms with Crippen LogP contribution in [0.15, 0.2) is 48.7 Å². The van der Waals surface area contributed by atoms with Gasteiger partial charge in [0.15, 0.2) is 0 Å². The van der Waals surface area contributed by atoms with Gasteiger partial charge in [0.2, 0.25) is 11.8 Å². The Kier molecular flexibility index (Phi) is 5.46. The summed E-state index contributed by atoms with van der Waals surface area (Å²) in [5.74, 6) is -0.187. The molecular weight excluding hydrogens is 406 g/mol. The van der Waals surface area contributed by atoms with Crippen LogP contribution in [-0.4, -0.2) is 34.2 Å². The molecule has 0 bridgehead atoms. The number of methoxy groups -OCH3 is 1. The van der Waals surface area contributed by atoms with Crippen LogP contribution >= 0.6 is 11.6 Å². The average molecular weight is 426 g/mol. The van der Waals surface area contributed by atoms with Crippen LogP contribution in [0.1, 0.15) is 28.4 Å². The number of aromatic carboxylic acids is 1. The quantitative estimate of drug-likeness (QED) is 0.622. The third-order valence-electron chi connectivity index (χ3n) is 4.99. The van der Waals surface area contributed by atoms with Gasteiger partial charge in [-0.3, -0.25) is 0 Å². The van der Waals surface area contributed by atoms with Crippen molar-refractivity contribution >= 4 is 29.2 Å². The lowest BCUT2D eigenvalue weighted by molar-refractivity contribution is 0.0690. The highest BCUT2D eigenvalue weighted by molar-refractivity contribution is 6.32. The van der Waals surface area contributed by atoms with E-state index in [-0.39, 0.29) is 24.1 Å². The summed E-state index contributed by atoms with van der Waals surface area (Å²) in [5.41, 5.74) is 2.88. The van der Waals surface area contributed by atoms with E-state index >= 15 is 0 Å². The number of carboxylic acids is 1. The van der Waals surface area contributed by atoms with Gasteiger partial charge in [-0.15, -0.1) is 0 Å². The molecule has 2 aromatic carbocycles. The molecule has 0 aliphatic carbocycles. The Labute approximate surface area is 178 Å². The van der Waals surface area contributed by atoms with Crippen molar-refractivity contribution in [3.05, 3.63) is 70.4 Å². The number of benzene rings is 2. The molecule has 8 heteroatoms. The first-order valence-corrected chi connectivity index (χ1v) is 9.78. The minimum atomic E-state index is -1.15. The molecule has 1 N–H and O–H groups in total. The van der Waals surface area contributed by atoms with Crippen LogP contribution in [0.5, 0.6) is 11.6 Å². The predicted molar refractivity (Wildman–Crippen MR) is 113 cm³/mol. The van der Waals surface area contributed by atoms with Crippen LogP contribution < -0.4 is 14.4 Å². The Morgan fingerprint density at radius 1 is 1.30 bits per heavy atom. The summed E-state index contributed by atoms with van der Waals surface area (Å²) in [6.45, 7) is 2.18. The van der Waals surface area contributed by atoms with Crippen LogP contribution in [0, 0.1) is 0 Å². The Balaban J connectivity index is 1.64. The zero-order valence-electron chi connectivity index (χ0n) is 16.5. The molecule has 0 saturated carbocycles. The third kappa shape index (κ3) is 3.76. The lowest BCUT2D eigenvalue weighted by Gasteiger charge is -2.23. The number of anilines is 2. The lowest BCUT2D eigenvalue weighted by Crippen LogP contribution is -2.26. The fourth-order valence-electron chi connectivity index (χ4n) is 3.55. The van der Waals surface area contributed by atoms with Gasteiger partial charge in [-0.1, -0.05) is 35.9 Å². The lowest BCUT2D eigenvalue weighted by atomic mass is 10.1. The number of hydrogen-bond donors (Lipinski definition) is 1. The number of aromatic nitrogens is 2. The van der Waals surface area contributed by atoms with Gasteiger partial charge >= 0.3 is 5.97 Å². The van der Waals surface area contributed by atoms with E-state index in [2.05, 4.69) is 23.0 Å². The standard InChI is InChI=1S/C22H20ClN3O4/c1-13-9-15-5-3-4-6-18(15)26(13)22-24-11-16(21(27)28)20(25-22)30-12-14-7-8-19(29-2)17(23)10-14/h3-8,10-11,13H,9,12H2,1-2H3,(H,27,28). The molecule has 1 aliphatic heterocycles. The number of para-hydroxylation sites is 1. The summed E-state index contributed by atoms with van der Waals surface area (Å²) < 4.78 is 10.9. The van der Waals surface area contributed by atoms with Gasteiger partial charge in [-0.05, 0) is 42.7 Å². The number of ether oxygens (including phenoxy) is 2. The predicted octanol–water partition coefficient (Wildman–Crippen LogP) is 4.50. The Morgan fingerprint density at radius 3 is 2.83 bits per heavy atom. The molecular formula is C22H20ClN3O4. The van der Waals surface area contributed by atoms with E-state index in [0.29, 0.717) is 16.7 Å². The number of fused-ring (bicyclic) bond motifs is 1. The second kappa shape index (κ2) is 8.20. The van der Waals surface area contributed by atoms with E-state index in [4.69, 9.17) is 21.1 Å². The monoisotopic (exact) mass is 425 g/mol. The smallest absolute Gasteiger partial charge is 0.342 e. The summed E-state index contributed by atoms with van der Waals surface area (Å²) in [5, 5.41) is 9.98. The van der Waals surface area contributed by atoms with Crippen molar-refractivity contribution in [1.82, 2.24) is 9.97 Å². The largest absolute Gasteiger partial charge is 0.495 e. The molecule has 1 atom stereocenters. The first-order valence-electron chi connectivity index (χ1n) is 9.40.